The van der Waals surface area contributed by atoms with E-state index in [1.165, 1.54) is 25.7 Å². The largest absolute Gasteiger partial charge is 0.465 e. The first-order chi connectivity index (χ1) is 11.6. The molecule has 0 aromatic carbocycles. The molecule has 0 saturated heterocycles. The van der Waals surface area contributed by atoms with E-state index in [1.54, 1.807) is 0 Å². The fraction of sp³-hybridized carbons (Fsp3) is 0.905. The first-order valence-electron chi connectivity index (χ1n) is 10.1. The molecule has 2 aliphatic carbocycles. The Kier molecular flexibility index (Phi) is 6.72. The molecule has 24 heavy (non-hydrogen) atoms. The molecular weight excluding hydrogens is 298 g/mol. The smallest absolute Gasteiger partial charge is 0.327 e. The number of nitrogens with zero attached hydrogens (tertiary/aromatic N) is 1. The summed E-state index contributed by atoms with van der Waals surface area (Å²) in [6, 6.07) is 2.58. The molecule has 0 aromatic heterocycles. The Bertz CT molecular complexity index is 457. The summed E-state index contributed by atoms with van der Waals surface area (Å²) in [6.45, 7) is 6.60. The lowest BCUT2D eigenvalue weighted by atomic mass is 9.49. The molecule has 2 rings (SSSR count). The van der Waals surface area contributed by atoms with Crippen LogP contribution in [0, 0.1) is 34.0 Å². The van der Waals surface area contributed by atoms with Crippen LogP contribution in [0.2, 0.25) is 0 Å². The van der Waals surface area contributed by atoms with Crippen molar-refractivity contribution in [2.75, 3.05) is 6.61 Å². The number of nitriles is 1. The van der Waals surface area contributed by atoms with Gasteiger partial charge in [0.2, 0.25) is 0 Å². The average molecular weight is 334 g/mol. The lowest BCUT2D eigenvalue weighted by Gasteiger charge is -2.52. The van der Waals surface area contributed by atoms with Gasteiger partial charge in [-0.15, -0.1) is 0 Å². The molecular formula is C21H35NO2. The third-order valence-corrected chi connectivity index (χ3v) is 7.13. The molecule has 2 fully saturated rings. The number of carbonyl (C=O) groups excluding carboxylic acids is 1. The molecule has 2 unspecified atom stereocenters. The van der Waals surface area contributed by atoms with E-state index in [0.29, 0.717) is 12.5 Å². The highest BCUT2D eigenvalue weighted by Crippen LogP contribution is 2.58. The number of hydrogen-bond donors (Lipinski definition) is 0. The van der Waals surface area contributed by atoms with Gasteiger partial charge in [-0.2, -0.15) is 5.26 Å². The molecule has 0 aliphatic heterocycles. The van der Waals surface area contributed by atoms with Crippen LogP contribution in [0.3, 0.4) is 0 Å². The lowest BCUT2D eigenvalue weighted by molar-refractivity contribution is -0.170. The summed E-state index contributed by atoms with van der Waals surface area (Å²) in [7, 11) is 0. The van der Waals surface area contributed by atoms with Gasteiger partial charge in [0, 0.05) is 0 Å². The molecule has 0 aromatic rings. The molecule has 0 amide bonds. The second kappa shape index (κ2) is 8.37. The number of rotatable bonds is 6. The van der Waals surface area contributed by atoms with Crippen molar-refractivity contribution in [3.05, 3.63) is 0 Å². The van der Waals surface area contributed by atoms with Crippen molar-refractivity contribution in [1.82, 2.24) is 0 Å². The van der Waals surface area contributed by atoms with Gasteiger partial charge in [-0.25, -0.2) is 0 Å². The molecule has 0 radical (unpaired) electrons. The van der Waals surface area contributed by atoms with Crippen LogP contribution in [0.5, 0.6) is 0 Å². The highest BCUT2D eigenvalue weighted by molar-refractivity contribution is 5.82. The van der Waals surface area contributed by atoms with Gasteiger partial charge in [0.1, 0.15) is 0 Å². The SMILES string of the molecule is CCOC(=O)C(C#N)(C1CCCCC1)C(C)(CC)C1CCCCC1. The van der Waals surface area contributed by atoms with Crippen LogP contribution in [0.1, 0.15) is 91.4 Å². The van der Waals surface area contributed by atoms with Crippen LogP contribution < -0.4 is 0 Å². The van der Waals surface area contributed by atoms with Crippen LogP contribution in [-0.4, -0.2) is 12.6 Å². The Labute approximate surface area is 148 Å². The van der Waals surface area contributed by atoms with E-state index in [-0.39, 0.29) is 17.3 Å². The molecule has 2 aliphatic rings. The van der Waals surface area contributed by atoms with Crippen LogP contribution in [0.4, 0.5) is 0 Å². The van der Waals surface area contributed by atoms with E-state index < -0.39 is 5.41 Å². The Balaban J connectivity index is 2.48. The molecule has 2 atom stereocenters. The first-order valence-corrected chi connectivity index (χ1v) is 10.1. The topological polar surface area (TPSA) is 50.1 Å². The molecule has 3 heteroatoms. The van der Waals surface area contributed by atoms with Crippen LogP contribution in [-0.2, 0) is 9.53 Å². The number of ether oxygens (including phenoxy) is 1. The molecule has 0 heterocycles. The Morgan fingerprint density at radius 2 is 1.50 bits per heavy atom. The van der Waals surface area contributed by atoms with Crippen molar-refractivity contribution in [3.63, 3.8) is 0 Å². The minimum Gasteiger partial charge on any atom is -0.465 e. The molecule has 2 saturated carbocycles. The Hall–Kier alpha value is -1.04. The number of carbonyl (C=O) groups is 1. The van der Waals surface area contributed by atoms with Crippen molar-refractivity contribution in [2.24, 2.45) is 22.7 Å². The Morgan fingerprint density at radius 1 is 1.00 bits per heavy atom. The highest BCUT2D eigenvalue weighted by atomic mass is 16.5. The van der Waals surface area contributed by atoms with Crippen molar-refractivity contribution in [3.8, 4) is 6.07 Å². The lowest BCUT2D eigenvalue weighted by Crippen LogP contribution is -2.55. The monoisotopic (exact) mass is 333 g/mol. The molecule has 136 valence electrons. The quantitative estimate of drug-likeness (QED) is 0.591. The van der Waals surface area contributed by atoms with E-state index in [0.717, 1.165) is 44.9 Å². The van der Waals surface area contributed by atoms with Gasteiger partial charge in [-0.05, 0) is 56.3 Å². The van der Waals surface area contributed by atoms with Crippen molar-refractivity contribution >= 4 is 5.97 Å². The fourth-order valence-electron chi connectivity index (χ4n) is 5.54. The predicted molar refractivity (Wildman–Crippen MR) is 96.2 cm³/mol. The highest BCUT2D eigenvalue weighted by Gasteiger charge is 2.61. The second-order valence-corrected chi connectivity index (χ2v) is 8.08. The van der Waals surface area contributed by atoms with Crippen molar-refractivity contribution in [1.29, 1.82) is 5.26 Å². The summed E-state index contributed by atoms with van der Waals surface area (Å²) in [4.78, 5) is 13.2. The first kappa shape index (κ1) is 19.3. The van der Waals surface area contributed by atoms with Gasteiger partial charge in [0.25, 0.3) is 0 Å². The average Bonchev–Trinajstić information content (AvgIpc) is 2.64. The van der Waals surface area contributed by atoms with Crippen molar-refractivity contribution in [2.45, 2.75) is 91.4 Å². The Morgan fingerprint density at radius 3 is 1.92 bits per heavy atom. The van der Waals surface area contributed by atoms with Gasteiger partial charge in [-0.3, -0.25) is 4.79 Å². The minimum atomic E-state index is -0.972. The van der Waals surface area contributed by atoms with E-state index >= 15 is 0 Å². The van der Waals surface area contributed by atoms with Gasteiger partial charge < -0.3 is 4.74 Å². The number of hydrogen-bond acceptors (Lipinski definition) is 3. The summed E-state index contributed by atoms with van der Waals surface area (Å²) in [5.74, 6) is 0.374. The maximum absolute atomic E-state index is 13.2. The molecule has 3 nitrogen and oxygen atoms in total. The summed E-state index contributed by atoms with van der Waals surface area (Å²) in [6.07, 6.45) is 12.4. The summed E-state index contributed by atoms with van der Waals surface area (Å²) in [5.41, 5.74) is -1.25. The third-order valence-electron chi connectivity index (χ3n) is 7.13. The third kappa shape index (κ3) is 3.22. The van der Waals surface area contributed by atoms with Gasteiger partial charge in [0.05, 0.1) is 12.7 Å². The maximum atomic E-state index is 13.2. The molecule has 0 spiro atoms. The van der Waals surface area contributed by atoms with E-state index in [1.807, 2.05) is 6.92 Å². The van der Waals surface area contributed by atoms with Crippen LogP contribution >= 0.6 is 0 Å². The standard InChI is InChI=1S/C21H35NO2/c1-4-20(3,17-12-8-6-9-13-17)21(16-22,19(23)24-5-2)18-14-10-7-11-15-18/h17-18H,4-15H2,1-3H3. The fourth-order valence-corrected chi connectivity index (χ4v) is 5.54. The second-order valence-electron chi connectivity index (χ2n) is 8.08. The van der Waals surface area contributed by atoms with Gasteiger partial charge >= 0.3 is 5.97 Å². The van der Waals surface area contributed by atoms with Crippen LogP contribution in [0.25, 0.3) is 0 Å². The zero-order valence-corrected chi connectivity index (χ0v) is 15.9. The summed E-state index contributed by atoms with van der Waals surface area (Å²) in [5, 5.41) is 10.4. The van der Waals surface area contributed by atoms with Crippen LogP contribution in [0.15, 0.2) is 0 Å². The zero-order valence-electron chi connectivity index (χ0n) is 15.9. The van der Waals surface area contributed by atoms with Gasteiger partial charge in [0.15, 0.2) is 5.41 Å². The normalized spacial score (nSPS) is 25.2. The predicted octanol–water partition coefficient (Wildman–Crippen LogP) is 5.64. The minimum absolute atomic E-state index is 0.155. The van der Waals surface area contributed by atoms with Crippen molar-refractivity contribution < 1.29 is 9.53 Å². The summed E-state index contributed by atoms with van der Waals surface area (Å²) < 4.78 is 5.53. The molecule has 0 N–H and O–H groups in total. The van der Waals surface area contributed by atoms with Gasteiger partial charge in [-0.1, -0.05) is 52.4 Å². The maximum Gasteiger partial charge on any atom is 0.327 e. The molecule has 0 bridgehead atoms. The van der Waals surface area contributed by atoms with E-state index in [2.05, 4.69) is 19.9 Å². The van der Waals surface area contributed by atoms with E-state index in [9.17, 15) is 10.1 Å². The number of esters is 1. The zero-order chi connectivity index (χ0) is 17.6. The summed E-state index contributed by atoms with van der Waals surface area (Å²) >= 11 is 0. The van der Waals surface area contributed by atoms with E-state index in [4.69, 9.17) is 4.74 Å².